The van der Waals surface area contributed by atoms with Crippen LogP contribution in [0.4, 0.5) is 10.1 Å². The summed E-state index contributed by atoms with van der Waals surface area (Å²) in [6.45, 7) is 5.56. The Kier molecular flexibility index (Phi) is 5.28. The van der Waals surface area contributed by atoms with Gasteiger partial charge in [0.1, 0.15) is 5.82 Å². The predicted octanol–water partition coefficient (Wildman–Crippen LogP) is 3.36. The van der Waals surface area contributed by atoms with Crippen LogP contribution in [-0.4, -0.2) is 18.1 Å². The number of anilines is 1. The lowest BCUT2D eigenvalue weighted by molar-refractivity contribution is 0.580. The molecule has 0 bridgehead atoms. The van der Waals surface area contributed by atoms with Crippen molar-refractivity contribution in [2.45, 2.75) is 33.0 Å². The van der Waals surface area contributed by atoms with Gasteiger partial charge in [0, 0.05) is 44.3 Å². The minimum absolute atomic E-state index is 0.200. The van der Waals surface area contributed by atoms with Crippen LogP contribution in [0.15, 0.2) is 42.7 Å². The molecule has 0 radical (unpaired) electrons. The van der Waals surface area contributed by atoms with Crippen molar-refractivity contribution in [2.24, 2.45) is 0 Å². The van der Waals surface area contributed by atoms with Gasteiger partial charge in [0.05, 0.1) is 0 Å². The molecule has 0 spiro atoms. The van der Waals surface area contributed by atoms with E-state index in [1.165, 1.54) is 6.07 Å². The number of hydrogen-bond donors (Lipinski definition) is 1. The number of nitrogens with one attached hydrogen (secondary N) is 1. The molecular formula is C17H22FN3. The van der Waals surface area contributed by atoms with E-state index in [0.29, 0.717) is 12.6 Å². The fraction of sp³-hybridized carbons (Fsp3) is 0.353. The number of benzene rings is 1. The second-order valence-electron chi connectivity index (χ2n) is 5.53. The van der Waals surface area contributed by atoms with Gasteiger partial charge in [-0.25, -0.2) is 4.39 Å². The Hall–Kier alpha value is -1.94. The molecule has 0 saturated carbocycles. The molecule has 1 N–H and O–H groups in total. The van der Waals surface area contributed by atoms with Crippen molar-refractivity contribution in [1.82, 2.24) is 10.3 Å². The van der Waals surface area contributed by atoms with Crippen molar-refractivity contribution >= 4 is 5.69 Å². The maximum atomic E-state index is 13.5. The molecule has 4 heteroatoms. The summed E-state index contributed by atoms with van der Waals surface area (Å²) in [4.78, 5) is 6.25. The van der Waals surface area contributed by atoms with E-state index >= 15 is 0 Å². The van der Waals surface area contributed by atoms with Crippen molar-refractivity contribution in [3.05, 3.63) is 59.7 Å². The molecule has 0 aliphatic carbocycles. The van der Waals surface area contributed by atoms with E-state index in [1.54, 1.807) is 12.3 Å². The molecule has 2 rings (SSSR count). The number of hydrogen-bond acceptors (Lipinski definition) is 3. The molecule has 0 fully saturated rings. The van der Waals surface area contributed by atoms with E-state index in [1.807, 2.05) is 31.4 Å². The zero-order chi connectivity index (χ0) is 15.2. The lowest BCUT2D eigenvalue weighted by Crippen LogP contribution is -2.24. The Labute approximate surface area is 125 Å². The summed E-state index contributed by atoms with van der Waals surface area (Å²) in [6.07, 6.45) is 3.62. The summed E-state index contributed by atoms with van der Waals surface area (Å²) in [7, 11) is 2.01. The molecular weight excluding hydrogens is 265 g/mol. The van der Waals surface area contributed by atoms with Crippen LogP contribution < -0.4 is 10.2 Å². The highest BCUT2D eigenvalue weighted by Gasteiger charge is 2.10. The third kappa shape index (κ3) is 4.53. The molecule has 3 nitrogen and oxygen atoms in total. The minimum Gasteiger partial charge on any atom is -0.370 e. The second kappa shape index (κ2) is 7.18. The highest BCUT2D eigenvalue weighted by atomic mass is 19.1. The predicted molar refractivity (Wildman–Crippen MR) is 84.7 cm³/mol. The standard InChI is InChI=1S/C17H22FN3/c1-13(2)20-11-15-9-16(18)6-7-17(15)21(3)12-14-5-4-8-19-10-14/h4-10,13,20H,11-12H2,1-3H3. The Morgan fingerprint density at radius 2 is 2.10 bits per heavy atom. The highest BCUT2D eigenvalue weighted by Crippen LogP contribution is 2.22. The lowest BCUT2D eigenvalue weighted by Gasteiger charge is -2.23. The Balaban J connectivity index is 2.17. The Bertz CT molecular complexity index is 570. The highest BCUT2D eigenvalue weighted by molar-refractivity contribution is 5.53. The summed E-state index contributed by atoms with van der Waals surface area (Å²) in [5.41, 5.74) is 3.13. The van der Waals surface area contributed by atoms with Crippen LogP contribution in [0.5, 0.6) is 0 Å². The first kappa shape index (κ1) is 15.4. The van der Waals surface area contributed by atoms with Crippen molar-refractivity contribution in [1.29, 1.82) is 0 Å². The van der Waals surface area contributed by atoms with Gasteiger partial charge in [0.2, 0.25) is 0 Å². The molecule has 2 aromatic rings. The van der Waals surface area contributed by atoms with E-state index in [9.17, 15) is 4.39 Å². The van der Waals surface area contributed by atoms with Gasteiger partial charge in [-0.05, 0) is 35.4 Å². The van der Waals surface area contributed by atoms with Crippen LogP contribution >= 0.6 is 0 Å². The molecule has 0 aliphatic rings. The average molecular weight is 287 g/mol. The average Bonchev–Trinajstić information content (AvgIpc) is 2.46. The monoisotopic (exact) mass is 287 g/mol. The van der Waals surface area contributed by atoms with E-state index < -0.39 is 0 Å². The topological polar surface area (TPSA) is 28.2 Å². The van der Waals surface area contributed by atoms with Gasteiger partial charge >= 0.3 is 0 Å². The number of rotatable bonds is 6. The van der Waals surface area contributed by atoms with Crippen molar-refractivity contribution in [2.75, 3.05) is 11.9 Å². The van der Waals surface area contributed by atoms with Crippen LogP contribution in [0.1, 0.15) is 25.0 Å². The largest absolute Gasteiger partial charge is 0.370 e. The summed E-state index contributed by atoms with van der Waals surface area (Å²) in [5, 5.41) is 3.34. The molecule has 0 unspecified atom stereocenters. The third-order valence-corrected chi connectivity index (χ3v) is 3.30. The van der Waals surface area contributed by atoms with Gasteiger partial charge in [-0.3, -0.25) is 4.98 Å². The molecule has 1 aromatic carbocycles. The number of halogens is 1. The molecule has 0 amide bonds. The van der Waals surface area contributed by atoms with E-state index in [-0.39, 0.29) is 5.82 Å². The molecule has 0 saturated heterocycles. The van der Waals surface area contributed by atoms with Crippen molar-refractivity contribution in [3.63, 3.8) is 0 Å². The summed E-state index contributed by atoms with van der Waals surface area (Å²) < 4.78 is 13.5. The lowest BCUT2D eigenvalue weighted by atomic mass is 10.1. The summed E-state index contributed by atoms with van der Waals surface area (Å²) >= 11 is 0. The smallest absolute Gasteiger partial charge is 0.123 e. The van der Waals surface area contributed by atoms with Gasteiger partial charge in [-0.1, -0.05) is 19.9 Å². The van der Waals surface area contributed by atoms with Crippen molar-refractivity contribution in [3.8, 4) is 0 Å². The SMILES string of the molecule is CC(C)NCc1cc(F)ccc1N(C)Cc1cccnc1. The van der Waals surface area contributed by atoms with E-state index in [0.717, 1.165) is 23.4 Å². The van der Waals surface area contributed by atoms with Crippen molar-refractivity contribution < 1.29 is 4.39 Å². The van der Waals surface area contributed by atoms with Gasteiger partial charge in [-0.2, -0.15) is 0 Å². The third-order valence-electron chi connectivity index (χ3n) is 3.30. The van der Waals surface area contributed by atoms with Gasteiger partial charge < -0.3 is 10.2 Å². The van der Waals surface area contributed by atoms with Crippen LogP contribution in [0.25, 0.3) is 0 Å². The summed E-state index contributed by atoms with van der Waals surface area (Å²) in [5.74, 6) is -0.200. The normalized spacial score (nSPS) is 10.9. The number of nitrogens with zero attached hydrogens (tertiary/aromatic N) is 2. The fourth-order valence-corrected chi connectivity index (χ4v) is 2.23. The zero-order valence-corrected chi connectivity index (χ0v) is 12.8. The molecule has 112 valence electrons. The first-order valence-corrected chi connectivity index (χ1v) is 7.18. The van der Waals surface area contributed by atoms with Crippen LogP contribution in [0.2, 0.25) is 0 Å². The molecule has 0 aliphatic heterocycles. The maximum Gasteiger partial charge on any atom is 0.123 e. The van der Waals surface area contributed by atoms with Gasteiger partial charge in [0.25, 0.3) is 0 Å². The van der Waals surface area contributed by atoms with Gasteiger partial charge in [-0.15, -0.1) is 0 Å². The fourth-order valence-electron chi connectivity index (χ4n) is 2.23. The van der Waals surface area contributed by atoms with Crippen LogP contribution in [-0.2, 0) is 13.1 Å². The molecule has 1 heterocycles. The zero-order valence-electron chi connectivity index (χ0n) is 12.8. The summed E-state index contributed by atoms with van der Waals surface area (Å²) in [6, 6.07) is 9.28. The maximum absolute atomic E-state index is 13.5. The minimum atomic E-state index is -0.200. The molecule has 21 heavy (non-hydrogen) atoms. The quantitative estimate of drug-likeness (QED) is 0.883. The number of pyridine rings is 1. The Morgan fingerprint density at radius 3 is 2.76 bits per heavy atom. The van der Waals surface area contributed by atoms with Crippen LogP contribution in [0.3, 0.4) is 0 Å². The van der Waals surface area contributed by atoms with E-state index in [2.05, 4.69) is 29.0 Å². The number of aromatic nitrogens is 1. The van der Waals surface area contributed by atoms with Crippen LogP contribution in [0, 0.1) is 5.82 Å². The van der Waals surface area contributed by atoms with Gasteiger partial charge in [0.15, 0.2) is 0 Å². The first-order chi connectivity index (χ1) is 10.1. The Morgan fingerprint density at radius 1 is 1.29 bits per heavy atom. The molecule has 0 atom stereocenters. The molecule has 1 aromatic heterocycles. The first-order valence-electron chi connectivity index (χ1n) is 7.18. The second-order valence-corrected chi connectivity index (χ2v) is 5.53. The van der Waals surface area contributed by atoms with E-state index in [4.69, 9.17) is 0 Å².